The van der Waals surface area contributed by atoms with Crippen molar-refractivity contribution >= 4 is 59.1 Å². The van der Waals surface area contributed by atoms with E-state index >= 15 is 0 Å². The van der Waals surface area contributed by atoms with Crippen LogP contribution in [0.25, 0.3) is 0 Å². The van der Waals surface area contributed by atoms with Gasteiger partial charge in [0, 0.05) is 34.7 Å². The number of nitrogens with two attached hydrogens (primary N) is 1. The van der Waals surface area contributed by atoms with Crippen LogP contribution in [0.1, 0.15) is 10.4 Å². The first-order valence-electron chi connectivity index (χ1n) is 5.69. The Morgan fingerprint density at radius 3 is 2.89 bits per heavy atom. The molecule has 1 aromatic carbocycles. The van der Waals surface area contributed by atoms with E-state index in [1.165, 1.54) is 5.75 Å². The van der Waals surface area contributed by atoms with E-state index in [-0.39, 0.29) is 18.3 Å². The molecule has 0 aliphatic carbocycles. The minimum atomic E-state index is -0.129. The Bertz CT molecular complexity index is 440. The number of nitrogen functional groups attached to an aromatic ring is 1. The zero-order chi connectivity index (χ0) is 13.0. The molecule has 0 spiro atoms. The third-order valence-corrected chi connectivity index (χ3v) is 5.77. The fraction of sp³-hybridized carbons (Fsp3) is 0.417. The minimum absolute atomic E-state index is 0. The van der Waals surface area contributed by atoms with Crippen LogP contribution in [0.15, 0.2) is 18.2 Å². The second-order valence-corrected chi connectivity index (χ2v) is 6.98. The molecule has 0 bridgehead atoms. The maximum Gasteiger partial charge on any atom is 0.252 e. The highest BCUT2D eigenvalue weighted by Gasteiger charge is 2.16. The van der Waals surface area contributed by atoms with Crippen LogP contribution in [0.4, 0.5) is 5.69 Å². The molecule has 1 saturated heterocycles. The first-order chi connectivity index (χ1) is 8.66. The van der Waals surface area contributed by atoms with E-state index in [1.807, 2.05) is 23.5 Å². The van der Waals surface area contributed by atoms with Gasteiger partial charge in [-0.1, -0.05) is 11.6 Å². The van der Waals surface area contributed by atoms with Gasteiger partial charge in [0.25, 0.3) is 5.91 Å². The molecule has 0 radical (unpaired) electrons. The van der Waals surface area contributed by atoms with Crippen LogP contribution in [0, 0.1) is 0 Å². The lowest BCUT2D eigenvalue weighted by Crippen LogP contribution is -2.33. The minimum Gasteiger partial charge on any atom is -0.399 e. The lowest BCUT2D eigenvalue weighted by molar-refractivity contribution is 0.0954. The van der Waals surface area contributed by atoms with Gasteiger partial charge in [0.05, 0.1) is 10.6 Å². The van der Waals surface area contributed by atoms with Gasteiger partial charge >= 0.3 is 0 Å². The van der Waals surface area contributed by atoms with Gasteiger partial charge in [0.1, 0.15) is 0 Å². The molecule has 1 aliphatic rings. The normalized spacial score (nSPS) is 18.5. The number of hydrogen-bond donors (Lipinski definition) is 2. The van der Waals surface area contributed by atoms with E-state index in [1.54, 1.807) is 18.2 Å². The third-order valence-electron chi connectivity index (χ3n) is 2.61. The van der Waals surface area contributed by atoms with Gasteiger partial charge in [-0.3, -0.25) is 4.79 Å². The second kappa shape index (κ2) is 8.15. The topological polar surface area (TPSA) is 55.1 Å². The van der Waals surface area contributed by atoms with Crippen LogP contribution in [-0.2, 0) is 0 Å². The monoisotopic (exact) mass is 338 g/mol. The molecule has 1 fully saturated rings. The highest BCUT2D eigenvalue weighted by atomic mass is 35.5. The molecule has 19 heavy (non-hydrogen) atoms. The molecular formula is C12H16Cl2N2OS2. The van der Waals surface area contributed by atoms with Gasteiger partial charge in [-0.25, -0.2) is 0 Å². The molecule has 3 N–H and O–H groups in total. The summed E-state index contributed by atoms with van der Waals surface area (Å²) in [5.41, 5.74) is 6.65. The highest BCUT2D eigenvalue weighted by Crippen LogP contribution is 2.24. The summed E-state index contributed by atoms with van der Waals surface area (Å²) < 4.78 is 0. The number of halogens is 2. The number of carbonyl (C=O) groups is 1. The van der Waals surface area contributed by atoms with Crippen molar-refractivity contribution in [1.29, 1.82) is 0 Å². The van der Waals surface area contributed by atoms with Gasteiger partial charge < -0.3 is 11.1 Å². The van der Waals surface area contributed by atoms with Crippen molar-refractivity contribution in [3.63, 3.8) is 0 Å². The number of amides is 1. The van der Waals surface area contributed by atoms with Crippen LogP contribution in [-0.4, -0.2) is 35.0 Å². The zero-order valence-corrected chi connectivity index (χ0v) is 13.4. The standard InChI is InChI=1S/C12H15ClN2OS2.ClH/c13-11-5-8(14)1-2-10(11)12(16)15-6-9-7-17-3-4-18-9;/h1-2,5,9H,3-4,6-7,14H2,(H,15,16);1H. The summed E-state index contributed by atoms with van der Waals surface area (Å²) in [6.07, 6.45) is 0. The number of benzene rings is 1. The summed E-state index contributed by atoms with van der Waals surface area (Å²) in [4.78, 5) is 12.0. The molecule has 3 nitrogen and oxygen atoms in total. The van der Waals surface area contributed by atoms with Gasteiger partial charge in [-0.15, -0.1) is 12.4 Å². The van der Waals surface area contributed by atoms with E-state index in [0.717, 1.165) is 11.5 Å². The highest BCUT2D eigenvalue weighted by molar-refractivity contribution is 8.06. The molecule has 1 aliphatic heterocycles. The molecule has 1 amide bonds. The molecule has 7 heteroatoms. The summed E-state index contributed by atoms with van der Waals surface area (Å²) in [7, 11) is 0. The van der Waals surface area contributed by atoms with Gasteiger partial charge in [0.15, 0.2) is 0 Å². The van der Waals surface area contributed by atoms with Crippen molar-refractivity contribution in [3.8, 4) is 0 Å². The summed E-state index contributed by atoms with van der Waals surface area (Å²) in [5.74, 6) is 3.34. The molecule has 2 rings (SSSR count). The molecule has 1 atom stereocenters. The zero-order valence-electron chi connectivity index (χ0n) is 10.2. The SMILES string of the molecule is Cl.Nc1ccc(C(=O)NCC2CSCCS2)c(Cl)c1. The van der Waals surface area contributed by atoms with Crippen molar-refractivity contribution in [2.75, 3.05) is 29.5 Å². The summed E-state index contributed by atoms with van der Waals surface area (Å²) in [6, 6.07) is 4.95. The number of nitrogens with one attached hydrogen (secondary N) is 1. The fourth-order valence-electron chi connectivity index (χ4n) is 1.67. The van der Waals surface area contributed by atoms with Crippen molar-refractivity contribution < 1.29 is 4.79 Å². The molecule has 1 unspecified atom stereocenters. The third kappa shape index (κ3) is 4.99. The maximum absolute atomic E-state index is 12.0. The van der Waals surface area contributed by atoms with Gasteiger partial charge in [-0.2, -0.15) is 23.5 Å². The van der Waals surface area contributed by atoms with Crippen LogP contribution in [0.2, 0.25) is 5.02 Å². The average molecular weight is 339 g/mol. The summed E-state index contributed by atoms with van der Waals surface area (Å²) in [5, 5.41) is 3.83. The van der Waals surface area contributed by atoms with Crippen molar-refractivity contribution in [3.05, 3.63) is 28.8 Å². The lowest BCUT2D eigenvalue weighted by Gasteiger charge is -2.21. The average Bonchev–Trinajstić information content (AvgIpc) is 2.37. The number of carbonyl (C=O) groups excluding carboxylic acids is 1. The van der Waals surface area contributed by atoms with Crippen LogP contribution in [0.3, 0.4) is 0 Å². The Morgan fingerprint density at radius 1 is 1.47 bits per heavy atom. The Hall–Kier alpha value is -0.230. The molecule has 1 heterocycles. The van der Waals surface area contributed by atoms with E-state index < -0.39 is 0 Å². The molecule has 106 valence electrons. The predicted molar refractivity (Wildman–Crippen MR) is 89.0 cm³/mol. The lowest BCUT2D eigenvalue weighted by atomic mass is 10.2. The van der Waals surface area contributed by atoms with Crippen molar-refractivity contribution in [2.24, 2.45) is 0 Å². The van der Waals surface area contributed by atoms with Gasteiger partial charge in [0.2, 0.25) is 0 Å². The van der Waals surface area contributed by atoms with E-state index in [4.69, 9.17) is 17.3 Å². The Balaban J connectivity index is 0.00000180. The molecule has 0 aromatic heterocycles. The van der Waals surface area contributed by atoms with Crippen LogP contribution in [0.5, 0.6) is 0 Å². The Labute approximate surface area is 132 Å². The number of hydrogen-bond acceptors (Lipinski definition) is 4. The van der Waals surface area contributed by atoms with Gasteiger partial charge in [-0.05, 0) is 18.2 Å². The largest absolute Gasteiger partial charge is 0.399 e. The Morgan fingerprint density at radius 2 is 2.26 bits per heavy atom. The number of thioether (sulfide) groups is 2. The predicted octanol–water partition coefficient (Wildman–Crippen LogP) is 2.92. The van der Waals surface area contributed by atoms with Crippen molar-refractivity contribution in [1.82, 2.24) is 5.32 Å². The van der Waals surface area contributed by atoms with E-state index in [0.29, 0.717) is 28.1 Å². The maximum atomic E-state index is 12.0. The van der Waals surface area contributed by atoms with E-state index in [2.05, 4.69) is 5.32 Å². The van der Waals surface area contributed by atoms with Crippen LogP contribution >= 0.6 is 47.5 Å². The summed E-state index contributed by atoms with van der Waals surface area (Å²) in [6.45, 7) is 0.692. The first kappa shape index (κ1) is 16.8. The van der Waals surface area contributed by atoms with Crippen molar-refractivity contribution in [2.45, 2.75) is 5.25 Å². The Kier molecular flexibility index (Phi) is 7.21. The smallest absolute Gasteiger partial charge is 0.252 e. The second-order valence-electron chi connectivity index (χ2n) is 4.02. The molecule has 1 aromatic rings. The van der Waals surface area contributed by atoms with Crippen LogP contribution < -0.4 is 11.1 Å². The fourth-order valence-corrected chi connectivity index (χ4v) is 4.56. The van der Waals surface area contributed by atoms with E-state index in [9.17, 15) is 4.79 Å². The number of anilines is 1. The first-order valence-corrected chi connectivity index (χ1v) is 8.27. The quantitative estimate of drug-likeness (QED) is 0.832. The summed E-state index contributed by atoms with van der Waals surface area (Å²) >= 11 is 9.86. The number of rotatable bonds is 3. The molecular weight excluding hydrogens is 323 g/mol. The molecule has 0 saturated carbocycles.